The van der Waals surface area contributed by atoms with Gasteiger partial charge in [-0.25, -0.2) is 8.42 Å². The molecule has 11 nitrogen and oxygen atoms in total. The molecule has 1 fully saturated rings. The number of nitrogens with zero attached hydrogens (tertiary/aromatic N) is 4. The van der Waals surface area contributed by atoms with Crippen LogP contribution in [0.4, 0.5) is 6.01 Å². The lowest BCUT2D eigenvalue weighted by atomic mass is 10.2. The molecule has 34 heavy (non-hydrogen) atoms. The van der Waals surface area contributed by atoms with Gasteiger partial charge in [-0.2, -0.15) is 4.31 Å². The van der Waals surface area contributed by atoms with Gasteiger partial charge < -0.3 is 4.42 Å². The summed E-state index contributed by atoms with van der Waals surface area (Å²) in [6, 6.07) is 14.4. The molecule has 1 aromatic heterocycles. The molecule has 12 heteroatoms. The molecule has 0 saturated carbocycles. The van der Waals surface area contributed by atoms with Crippen LogP contribution < -0.4 is 5.32 Å². The number of amides is 3. The first-order valence-electron chi connectivity index (χ1n) is 10.3. The summed E-state index contributed by atoms with van der Waals surface area (Å²) < 4.78 is 32.2. The van der Waals surface area contributed by atoms with Crippen LogP contribution in [0, 0.1) is 0 Å². The quantitative estimate of drug-likeness (QED) is 0.478. The molecule has 0 atom stereocenters. The fourth-order valence-electron chi connectivity index (χ4n) is 3.36. The number of carbonyl (C=O) groups is 3. The van der Waals surface area contributed by atoms with E-state index in [1.165, 1.54) is 35.6 Å². The lowest BCUT2D eigenvalue weighted by molar-refractivity contribution is -0.139. The Labute approximate surface area is 195 Å². The Hall–Kier alpha value is -3.90. The largest absolute Gasteiger partial charge is 0.406 e. The third kappa shape index (κ3) is 5.02. The van der Waals surface area contributed by atoms with E-state index in [0.717, 1.165) is 10.5 Å². The van der Waals surface area contributed by atoms with Crippen LogP contribution in [0.15, 0.2) is 63.9 Å². The molecular weight excluding hydrogens is 462 g/mol. The van der Waals surface area contributed by atoms with Crippen LogP contribution in [-0.2, 0) is 32.7 Å². The number of benzene rings is 2. The zero-order valence-electron chi connectivity index (χ0n) is 18.2. The first-order valence-corrected chi connectivity index (χ1v) is 11.8. The molecule has 3 amide bonds. The molecular formula is C22H21N5O6S. The Morgan fingerprint density at radius 1 is 1.03 bits per heavy atom. The minimum atomic E-state index is -3.75. The summed E-state index contributed by atoms with van der Waals surface area (Å²) in [6.45, 7) is 0.0448. The van der Waals surface area contributed by atoms with E-state index in [4.69, 9.17) is 4.42 Å². The average molecular weight is 484 g/mol. The third-order valence-electron chi connectivity index (χ3n) is 5.21. The molecule has 0 unspecified atom stereocenters. The Morgan fingerprint density at radius 3 is 2.32 bits per heavy atom. The molecule has 1 aliphatic heterocycles. The standard InChI is InChI=1S/C22H21N5O6S/c1-26(13-15-5-3-2-4-6-15)34(31,32)17-9-7-16(8-10-17)21(30)23-22-25-24-18(33-22)14-27-19(28)11-12-20(27)29/h2-10H,11-14H2,1H3,(H,23,25,30). The van der Waals surface area contributed by atoms with Crippen LogP contribution in [0.2, 0.25) is 0 Å². The number of imide groups is 1. The maximum Gasteiger partial charge on any atom is 0.322 e. The Bertz CT molecular complexity index is 1310. The maximum atomic E-state index is 12.8. The summed E-state index contributed by atoms with van der Waals surface area (Å²) in [5.74, 6) is -1.23. The molecule has 176 valence electrons. The van der Waals surface area contributed by atoms with Gasteiger partial charge in [0.1, 0.15) is 6.54 Å². The van der Waals surface area contributed by atoms with Crippen molar-refractivity contribution in [2.75, 3.05) is 12.4 Å². The van der Waals surface area contributed by atoms with Crippen molar-refractivity contribution in [2.24, 2.45) is 0 Å². The van der Waals surface area contributed by atoms with Gasteiger partial charge in [0.25, 0.3) is 5.91 Å². The van der Waals surface area contributed by atoms with Gasteiger partial charge in [0.15, 0.2) is 0 Å². The predicted octanol–water partition coefficient (Wildman–Crippen LogP) is 1.79. The number of sulfonamides is 1. The van der Waals surface area contributed by atoms with Crippen molar-refractivity contribution in [1.29, 1.82) is 0 Å². The molecule has 1 N–H and O–H groups in total. The van der Waals surface area contributed by atoms with E-state index in [0.29, 0.717) is 0 Å². The highest BCUT2D eigenvalue weighted by atomic mass is 32.2. The highest BCUT2D eigenvalue weighted by molar-refractivity contribution is 7.89. The number of rotatable bonds is 8. The van der Waals surface area contributed by atoms with Gasteiger partial charge in [0.05, 0.1) is 4.90 Å². The number of hydrogen-bond donors (Lipinski definition) is 1. The lowest BCUT2D eigenvalue weighted by Gasteiger charge is -2.17. The zero-order chi connectivity index (χ0) is 24.3. The lowest BCUT2D eigenvalue weighted by Crippen LogP contribution is -2.28. The molecule has 2 aromatic carbocycles. The summed E-state index contributed by atoms with van der Waals surface area (Å²) >= 11 is 0. The van der Waals surface area contributed by atoms with E-state index in [1.54, 1.807) is 0 Å². The van der Waals surface area contributed by atoms with E-state index in [-0.39, 0.29) is 60.1 Å². The summed E-state index contributed by atoms with van der Waals surface area (Å²) in [5, 5.41) is 9.84. The number of likely N-dealkylation sites (tertiary alicyclic amines) is 1. The summed E-state index contributed by atoms with van der Waals surface area (Å²) in [5.41, 5.74) is 1.02. The molecule has 4 rings (SSSR count). The van der Waals surface area contributed by atoms with Gasteiger partial charge in [-0.05, 0) is 29.8 Å². The van der Waals surface area contributed by atoms with Crippen LogP contribution in [0.1, 0.15) is 34.7 Å². The van der Waals surface area contributed by atoms with Crippen LogP contribution >= 0.6 is 0 Å². The predicted molar refractivity (Wildman–Crippen MR) is 119 cm³/mol. The van der Waals surface area contributed by atoms with Crippen molar-refractivity contribution in [3.8, 4) is 0 Å². The van der Waals surface area contributed by atoms with Gasteiger partial charge in [-0.1, -0.05) is 35.4 Å². The fraction of sp³-hybridized carbons (Fsp3) is 0.227. The molecule has 2 heterocycles. The number of nitrogens with one attached hydrogen (secondary N) is 1. The zero-order valence-corrected chi connectivity index (χ0v) is 19.0. The third-order valence-corrected chi connectivity index (χ3v) is 7.03. The average Bonchev–Trinajstić information content (AvgIpc) is 3.41. The second kappa shape index (κ2) is 9.53. The normalized spacial score (nSPS) is 14.1. The smallest absolute Gasteiger partial charge is 0.322 e. The number of carbonyl (C=O) groups excluding carboxylic acids is 3. The van der Waals surface area contributed by atoms with Gasteiger partial charge in [-0.3, -0.25) is 24.6 Å². The Balaban J connectivity index is 1.39. The molecule has 0 aliphatic carbocycles. The summed E-state index contributed by atoms with van der Waals surface area (Å²) in [4.78, 5) is 36.9. The van der Waals surface area contributed by atoms with Crippen molar-refractivity contribution in [3.63, 3.8) is 0 Å². The van der Waals surface area contributed by atoms with E-state index < -0.39 is 15.9 Å². The number of aromatic nitrogens is 2. The van der Waals surface area contributed by atoms with Crippen molar-refractivity contribution in [1.82, 2.24) is 19.4 Å². The van der Waals surface area contributed by atoms with E-state index in [2.05, 4.69) is 15.5 Å². The van der Waals surface area contributed by atoms with Crippen LogP contribution in [-0.4, -0.2) is 52.6 Å². The monoisotopic (exact) mass is 483 g/mol. The topological polar surface area (TPSA) is 143 Å². The Kier molecular flexibility index (Phi) is 6.52. The maximum absolute atomic E-state index is 12.8. The van der Waals surface area contributed by atoms with Crippen LogP contribution in [0.5, 0.6) is 0 Å². The molecule has 3 aromatic rings. The van der Waals surface area contributed by atoms with Crippen molar-refractivity contribution >= 4 is 33.8 Å². The fourth-order valence-corrected chi connectivity index (χ4v) is 4.51. The van der Waals surface area contributed by atoms with Crippen LogP contribution in [0.3, 0.4) is 0 Å². The molecule has 0 bridgehead atoms. The first-order chi connectivity index (χ1) is 16.2. The molecule has 1 saturated heterocycles. The van der Waals surface area contributed by atoms with Crippen molar-refractivity contribution in [2.45, 2.75) is 30.8 Å². The van der Waals surface area contributed by atoms with Gasteiger partial charge in [0.2, 0.25) is 27.7 Å². The van der Waals surface area contributed by atoms with Gasteiger partial charge in [-0.15, -0.1) is 5.10 Å². The van der Waals surface area contributed by atoms with E-state index in [1.807, 2.05) is 30.3 Å². The molecule has 0 spiro atoms. The Morgan fingerprint density at radius 2 is 1.68 bits per heavy atom. The molecule has 1 aliphatic rings. The highest BCUT2D eigenvalue weighted by Crippen LogP contribution is 2.19. The summed E-state index contributed by atoms with van der Waals surface area (Å²) in [7, 11) is -2.27. The van der Waals surface area contributed by atoms with E-state index >= 15 is 0 Å². The first kappa shape index (κ1) is 23.3. The second-order valence-electron chi connectivity index (χ2n) is 7.60. The summed E-state index contributed by atoms with van der Waals surface area (Å²) in [6.07, 6.45) is 0.286. The second-order valence-corrected chi connectivity index (χ2v) is 9.64. The number of hydrogen-bond acceptors (Lipinski definition) is 8. The number of anilines is 1. The van der Waals surface area contributed by atoms with Gasteiger partial charge >= 0.3 is 6.01 Å². The van der Waals surface area contributed by atoms with E-state index in [9.17, 15) is 22.8 Å². The van der Waals surface area contributed by atoms with Crippen LogP contribution in [0.25, 0.3) is 0 Å². The molecule has 0 radical (unpaired) electrons. The minimum Gasteiger partial charge on any atom is -0.406 e. The SMILES string of the molecule is CN(Cc1ccccc1)S(=O)(=O)c1ccc(C(=O)Nc2nnc(CN3C(=O)CCC3=O)o2)cc1. The minimum absolute atomic E-state index is 0.00166. The van der Waals surface area contributed by atoms with Crippen molar-refractivity contribution in [3.05, 3.63) is 71.6 Å². The van der Waals surface area contributed by atoms with Crippen molar-refractivity contribution < 1.29 is 27.2 Å². The van der Waals surface area contributed by atoms with Gasteiger partial charge in [0, 0.05) is 32.0 Å². The highest BCUT2D eigenvalue weighted by Gasteiger charge is 2.30.